The van der Waals surface area contributed by atoms with Crippen LogP contribution in [0, 0.1) is 0 Å². The normalized spacial score (nSPS) is 10.7. The molecule has 2 amide bonds. The number of imide groups is 1. The summed E-state index contributed by atoms with van der Waals surface area (Å²) in [4.78, 5) is 22.4. The summed E-state index contributed by atoms with van der Waals surface area (Å²) in [5, 5.41) is 0. The molecule has 3 nitrogen and oxygen atoms in total. The lowest BCUT2D eigenvalue weighted by Crippen LogP contribution is -2.30. The Hall–Kier alpha value is 0.0900. The molecular formula is C5H8INO2S. The Labute approximate surface area is 75.3 Å². The van der Waals surface area contributed by atoms with Crippen molar-refractivity contribution < 1.29 is 9.59 Å². The van der Waals surface area contributed by atoms with Crippen molar-refractivity contribution in [2.75, 3.05) is 0 Å². The molecule has 0 rings (SSSR count). The zero-order valence-electron chi connectivity index (χ0n) is 5.67. The first kappa shape index (κ1) is 10.1. The van der Waals surface area contributed by atoms with Crippen LogP contribution in [0.2, 0.25) is 0 Å². The van der Waals surface area contributed by atoms with Gasteiger partial charge in [0.25, 0.3) is 0 Å². The van der Waals surface area contributed by atoms with Gasteiger partial charge in [-0.15, -0.1) is 8.52 Å². The Kier molecular flexibility index (Phi) is 4.88. The highest BCUT2D eigenvalue weighted by molar-refractivity contribution is 14.2. The van der Waals surface area contributed by atoms with E-state index in [0.717, 1.165) is 13.4 Å². The molecule has 0 unspecified atom stereocenters. The van der Waals surface area contributed by atoms with E-state index in [1.54, 1.807) is 0 Å². The van der Waals surface area contributed by atoms with Crippen LogP contribution in [0.3, 0.4) is 0 Å². The van der Waals surface area contributed by atoms with Crippen molar-refractivity contribution in [3.63, 3.8) is 0 Å². The van der Waals surface area contributed by atoms with Crippen LogP contribution in [-0.4, -0.2) is 22.2 Å². The largest absolute Gasteiger partial charge is 0.274 e. The maximum Gasteiger partial charge on any atom is 0.230 e. The Morgan fingerprint density at radius 2 is 1.80 bits per heavy atom. The van der Waals surface area contributed by atoms with Gasteiger partial charge in [-0.2, -0.15) is 0 Å². The van der Waals surface area contributed by atoms with Gasteiger partial charge in [-0.1, -0.05) is 0 Å². The Balaban J connectivity index is 4.27. The van der Waals surface area contributed by atoms with Crippen LogP contribution in [-0.2, 0) is 9.59 Å². The topological polar surface area (TPSA) is 37.4 Å². The smallest absolute Gasteiger partial charge is 0.230 e. The van der Waals surface area contributed by atoms with Crippen molar-refractivity contribution in [2.45, 2.75) is 13.8 Å². The van der Waals surface area contributed by atoms with Crippen LogP contribution in [0.15, 0.2) is 0 Å². The number of thiol groups is 1. The summed E-state index contributed by atoms with van der Waals surface area (Å²) in [6, 6.07) is 0. The van der Waals surface area contributed by atoms with Crippen molar-refractivity contribution in [3.8, 4) is 0 Å². The minimum Gasteiger partial charge on any atom is -0.274 e. The molecule has 0 aliphatic heterocycles. The molecule has 0 radical (unpaired) electrons. The number of hydrogen-bond donors (Lipinski definition) is 1. The molecule has 0 spiro atoms. The third kappa shape index (κ3) is 3.31. The number of amides is 2. The summed E-state index contributed by atoms with van der Waals surface area (Å²) in [6.45, 7) is 2.72. The van der Waals surface area contributed by atoms with E-state index in [-0.39, 0.29) is 11.8 Å². The van der Waals surface area contributed by atoms with Crippen LogP contribution >= 0.6 is 29.7 Å². The average Bonchev–Trinajstić information content (AvgIpc) is 1.81. The van der Waals surface area contributed by atoms with E-state index in [9.17, 15) is 9.59 Å². The summed E-state index contributed by atoms with van der Waals surface area (Å²) < 4.78 is 0. The second-order valence-electron chi connectivity index (χ2n) is 1.62. The van der Waals surface area contributed by atoms with Crippen LogP contribution in [0.25, 0.3) is 0 Å². The first-order chi connectivity index (χ1) is 4.59. The molecular weight excluding hydrogens is 265 g/mol. The van der Waals surface area contributed by atoms with Crippen LogP contribution in [0.4, 0.5) is 0 Å². The van der Waals surface area contributed by atoms with Crippen molar-refractivity contribution in [1.82, 2.24) is 4.90 Å². The number of carbonyl (C=O) groups is 2. The van der Waals surface area contributed by atoms with Crippen LogP contribution < -0.4 is 0 Å². The number of carbonyl (C=O) groups excluding carboxylic acids is 2. The maximum atomic E-state index is 10.6. The van der Waals surface area contributed by atoms with Crippen LogP contribution in [0.5, 0.6) is 0 Å². The quantitative estimate of drug-likeness (QED) is 0.439. The number of rotatable bonds is 1. The Bertz CT molecular complexity index is 166. The zero-order valence-corrected chi connectivity index (χ0v) is 8.72. The van der Waals surface area contributed by atoms with Gasteiger partial charge < -0.3 is 0 Å². The molecule has 0 N–H and O–H groups in total. The molecule has 0 aromatic rings. The van der Waals surface area contributed by atoms with E-state index in [0.29, 0.717) is 0 Å². The molecule has 10 heavy (non-hydrogen) atoms. The fourth-order valence-electron chi connectivity index (χ4n) is 0.428. The molecule has 58 valence electrons. The summed E-state index contributed by atoms with van der Waals surface area (Å²) in [7, 11) is 0.874. The summed E-state index contributed by atoms with van der Waals surface area (Å²) in [5.74, 6) is -0.478. The van der Waals surface area contributed by atoms with Gasteiger partial charge in [-0.3, -0.25) is 14.5 Å². The Morgan fingerprint density at radius 3 is 1.90 bits per heavy atom. The molecule has 0 saturated heterocycles. The molecule has 5 heteroatoms. The third-order valence-corrected chi connectivity index (χ3v) is 1.90. The molecule has 0 atom stereocenters. The van der Waals surface area contributed by atoms with Gasteiger partial charge in [0.15, 0.2) is 0 Å². The number of nitrogens with zero attached hydrogens (tertiary/aromatic N) is 1. The summed E-state index contributed by atoms with van der Waals surface area (Å²) >= 11 is 2.04. The van der Waals surface area contributed by atoms with Crippen molar-refractivity contribution in [1.29, 1.82) is 0 Å². The molecule has 0 saturated carbocycles. The molecule has 0 aromatic heterocycles. The fourth-order valence-corrected chi connectivity index (χ4v) is 1.59. The van der Waals surface area contributed by atoms with E-state index in [2.05, 4.69) is 0 Å². The van der Waals surface area contributed by atoms with Crippen molar-refractivity contribution >= 4 is 47.0 Å². The van der Waals surface area contributed by atoms with Crippen LogP contribution in [0.1, 0.15) is 13.8 Å². The average molecular weight is 273 g/mol. The molecule has 0 heterocycles. The van der Waals surface area contributed by atoms with E-state index in [1.807, 2.05) is 21.2 Å². The standard InChI is InChI=1S/C5H8INO2S/c1-4(8)7(3-10-6)5(2)9/h3,10H,1-2H3. The van der Waals surface area contributed by atoms with Crippen molar-refractivity contribution in [3.05, 3.63) is 0 Å². The highest BCUT2D eigenvalue weighted by Gasteiger charge is 2.08. The van der Waals surface area contributed by atoms with E-state index < -0.39 is 0 Å². The predicted molar refractivity (Wildman–Crippen MR) is 52.3 cm³/mol. The lowest BCUT2D eigenvalue weighted by Gasteiger charge is -2.09. The van der Waals surface area contributed by atoms with Gasteiger partial charge in [0.05, 0.1) is 0 Å². The zero-order chi connectivity index (χ0) is 8.15. The van der Waals surface area contributed by atoms with Gasteiger partial charge >= 0.3 is 0 Å². The lowest BCUT2D eigenvalue weighted by atomic mass is 10.5. The van der Waals surface area contributed by atoms with Gasteiger partial charge in [0.1, 0.15) is 0 Å². The lowest BCUT2D eigenvalue weighted by molar-refractivity contribution is -0.136. The number of hydrogen-bond acceptors (Lipinski definition) is 2. The highest BCUT2D eigenvalue weighted by Crippen LogP contribution is 1.98. The fraction of sp³-hybridized carbons (Fsp3) is 0.400. The van der Waals surface area contributed by atoms with Gasteiger partial charge in [-0.25, -0.2) is 0 Å². The third-order valence-electron chi connectivity index (χ3n) is 0.838. The Morgan fingerprint density at radius 1 is 1.40 bits per heavy atom. The van der Waals surface area contributed by atoms with E-state index in [1.165, 1.54) is 19.3 Å². The molecule has 0 fully saturated rings. The molecule has 0 aromatic carbocycles. The monoisotopic (exact) mass is 273 g/mol. The van der Waals surface area contributed by atoms with Gasteiger partial charge in [0, 0.05) is 19.3 Å². The first-order valence-electron chi connectivity index (χ1n) is 2.54. The summed E-state index contributed by atoms with van der Waals surface area (Å²) in [5.41, 5.74) is 1.53. The molecule has 0 aliphatic rings. The predicted octanol–water partition coefficient (Wildman–Crippen LogP) is 0.957. The van der Waals surface area contributed by atoms with E-state index in [4.69, 9.17) is 0 Å². The maximum absolute atomic E-state index is 10.6. The van der Waals surface area contributed by atoms with Gasteiger partial charge in [0.2, 0.25) is 11.8 Å². The van der Waals surface area contributed by atoms with Crippen molar-refractivity contribution in [2.24, 2.45) is 0 Å². The number of halogens is 1. The SMILES string of the molecule is CC(=O)N(/C=[SH]/I)C(C)=O. The van der Waals surface area contributed by atoms with Gasteiger partial charge in [-0.05, 0) is 21.2 Å². The molecule has 0 bridgehead atoms. The molecule has 0 aliphatic carbocycles. The minimum atomic E-state index is -0.239. The summed E-state index contributed by atoms with van der Waals surface area (Å²) in [6.07, 6.45) is 0. The first-order valence-corrected chi connectivity index (χ1v) is 6.29. The second kappa shape index (κ2) is 4.84. The van der Waals surface area contributed by atoms with E-state index >= 15 is 0 Å². The second-order valence-corrected chi connectivity index (χ2v) is 3.72. The minimum absolute atomic E-state index is 0.239. The highest BCUT2D eigenvalue weighted by atomic mass is 127.